The SMILES string of the molecule is CC.CC(C)(C)N1CCC2(CCC(CN3CCC(N4CCc5ccnn5CC4=O)CC3)CC2)CC1. The number of hydrogen-bond donors (Lipinski definition) is 0. The van der Waals surface area contributed by atoms with Crippen LogP contribution in [0.4, 0.5) is 0 Å². The molecule has 6 heteroatoms. The van der Waals surface area contributed by atoms with Crippen LogP contribution < -0.4 is 0 Å². The molecule has 1 aliphatic carbocycles. The minimum Gasteiger partial charge on any atom is -0.338 e. The molecule has 198 valence electrons. The van der Waals surface area contributed by atoms with Crippen molar-refractivity contribution in [2.45, 2.75) is 111 Å². The Bertz CT molecular complexity index is 801. The average molecular weight is 486 g/mol. The molecule has 4 heterocycles. The number of amides is 1. The quantitative estimate of drug-likeness (QED) is 0.615. The zero-order valence-electron chi connectivity index (χ0n) is 23.3. The van der Waals surface area contributed by atoms with Gasteiger partial charge >= 0.3 is 0 Å². The molecule has 1 aromatic heterocycles. The molecular weight excluding hydrogens is 434 g/mol. The normalized spacial score (nSPS) is 25.2. The Balaban J connectivity index is 0.00000141. The fraction of sp³-hybridized carbons (Fsp3) is 0.862. The number of likely N-dealkylation sites (tertiary alicyclic amines) is 2. The first-order valence-corrected chi connectivity index (χ1v) is 14.6. The van der Waals surface area contributed by atoms with E-state index in [1.807, 2.05) is 24.7 Å². The van der Waals surface area contributed by atoms with Crippen LogP contribution in [0.3, 0.4) is 0 Å². The van der Waals surface area contributed by atoms with Crippen LogP contribution in [0.1, 0.15) is 91.7 Å². The van der Waals surface area contributed by atoms with Crippen LogP contribution in [-0.2, 0) is 17.8 Å². The van der Waals surface area contributed by atoms with Gasteiger partial charge in [-0.3, -0.25) is 14.4 Å². The van der Waals surface area contributed by atoms with Crippen LogP contribution >= 0.6 is 0 Å². The van der Waals surface area contributed by atoms with Crippen LogP contribution in [0, 0.1) is 11.3 Å². The summed E-state index contributed by atoms with van der Waals surface area (Å²) >= 11 is 0. The lowest BCUT2D eigenvalue weighted by molar-refractivity contribution is -0.134. The van der Waals surface area contributed by atoms with Crippen LogP contribution in [0.2, 0.25) is 0 Å². The van der Waals surface area contributed by atoms with E-state index >= 15 is 0 Å². The third-order valence-corrected chi connectivity index (χ3v) is 9.47. The lowest BCUT2D eigenvalue weighted by Crippen LogP contribution is -2.50. The molecule has 6 nitrogen and oxygen atoms in total. The lowest BCUT2D eigenvalue weighted by atomic mass is 9.65. The van der Waals surface area contributed by atoms with E-state index in [0.29, 0.717) is 23.5 Å². The van der Waals surface area contributed by atoms with E-state index in [4.69, 9.17) is 0 Å². The van der Waals surface area contributed by atoms with Crippen LogP contribution in [-0.4, -0.2) is 81.2 Å². The second-order valence-corrected chi connectivity index (χ2v) is 12.5. The number of aromatic nitrogens is 2. The van der Waals surface area contributed by atoms with Gasteiger partial charge in [0.2, 0.25) is 5.91 Å². The zero-order chi connectivity index (χ0) is 25.1. The van der Waals surface area contributed by atoms with Gasteiger partial charge in [0.1, 0.15) is 6.54 Å². The molecule has 0 radical (unpaired) electrons. The maximum Gasteiger partial charge on any atom is 0.244 e. The first-order chi connectivity index (χ1) is 16.8. The van der Waals surface area contributed by atoms with Gasteiger partial charge in [0.25, 0.3) is 0 Å². The first kappa shape index (κ1) is 26.7. The van der Waals surface area contributed by atoms with Gasteiger partial charge < -0.3 is 9.80 Å². The van der Waals surface area contributed by atoms with Crippen molar-refractivity contribution in [1.29, 1.82) is 0 Å². The maximum absolute atomic E-state index is 12.8. The Morgan fingerprint density at radius 2 is 1.60 bits per heavy atom. The molecule has 0 unspecified atom stereocenters. The molecule has 5 rings (SSSR count). The molecule has 0 bridgehead atoms. The fourth-order valence-corrected chi connectivity index (χ4v) is 7.08. The molecule has 0 N–H and O–H groups in total. The smallest absolute Gasteiger partial charge is 0.244 e. The highest BCUT2D eigenvalue weighted by Gasteiger charge is 2.40. The van der Waals surface area contributed by atoms with Crippen molar-refractivity contribution >= 4 is 5.91 Å². The largest absolute Gasteiger partial charge is 0.338 e. The first-order valence-electron chi connectivity index (χ1n) is 14.6. The second-order valence-electron chi connectivity index (χ2n) is 12.5. The summed E-state index contributed by atoms with van der Waals surface area (Å²) in [6.07, 6.45) is 13.6. The van der Waals surface area contributed by atoms with E-state index in [-0.39, 0.29) is 5.91 Å². The van der Waals surface area contributed by atoms with Crippen LogP contribution in [0.15, 0.2) is 12.3 Å². The van der Waals surface area contributed by atoms with Gasteiger partial charge in [-0.05, 0) is 103 Å². The molecule has 1 saturated carbocycles. The number of carbonyl (C=O) groups is 1. The van der Waals surface area contributed by atoms with Crippen molar-refractivity contribution in [1.82, 2.24) is 24.5 Å². The summed E-state index contributed by atoms with van der Waals surface area (Å²) in [5.41, 5.74) is 2.17. The summed E-state index contributed by atoms with van der Waals surface area (Å²) in [4.78, 5) is 20.4. The topological polar surface area (TPSA) is 44.6 Å². The highest BCUT2D eigenvalue weighted by molar-refractivity contribution is 5.76. The second kappa shape index (κ2) is 11.3. The Morgan fingerprint density at radius 3 is 2.23 bits per heavy atom. The molecule has 3 fully saturated rings. The van der Waals surface area contributed by atoms with E-state index in [0.717, 1.165) is 44.8 Å². The highest BCUT2D eigenvalue weighted by atomic mass is 16.2. The average Bonchev–Trinajstić information content (AvgIpc) is 3.23. The summed E-state index contributed by atoms with van der Waals surface area (Å²) in [5, 5.41) is 4.33. The third kappa shape index (κ3) is 6.30. The lowest BCUT2D eigenvalue weighted by Gasteiger charge is -2.50. The number of hydrogen-bond acceptors (Lipinski definition) is 4. The van der Waals surface area contributed by atoms with Gasteiger partial charge in [0.15, 0.2) is 0 Å². The van der Waals surface area contributed by atoms with Gasteiger partial charge in [0, 0.05) is 56.1 Å². The van der Waals surface area contributed by atoms with Crippen molar-refractivity contribution < 1.29 is 4.79 Å². The number of fused-ring (bicyclic) bond motifs is 1. The van der Waals surface area contributed by atoms with E-state index in [2.05, 4.69) is 46.6 Å². The predicted octanol–water partition coefficient (Wildman–Crippen LogP) is 4.83. The van der Waals surface area contributed by atoms with Crippen molar-refractivity contribution in [2.75, 3.05) is 39.3 Å². The number of carbonyl (C=O) groups excluding carboxylic acids is 1. The fourth-order valence-electron chi connectivity index (χ4n) is 7.08. The summed E-state index contributed by atoms with van der Waals surface area (Å²) in [7, 11) is 0. The molecule has 1 spiro atoms. The molecule has 1 aromatic rings. The number of nitrogens with zero attached hydrogens (tertiary/aromatic N) is 5. The third-order valence-electron chi connectivity index (χ3n) is 9.47. The molecule has 2 saturated heterocycles. The molecule has 0 aromatic carbocycles. The Kier molecular flexibility index (Phi) is 8.63. The Hall–Kier alpha value is -1.40. The molecule has 4 aliphatic rings. The Labute approximate surface area is 214 Å². The molecular formula is C29H51N5O. The predicted molar refractivity (Wildman–Crippen MR) is 143 cm³/mol. The summed E-state index contributed by atoms with van der Waals surface area (Å²) < 4.78 is 1.89. The monoisotopic (exact) mass is 485 g/mol. The van der Waals surface area contributed by atoms with E-state index < -0.39 is 0 Å². The van der Waals surface area contributed by atoms with Crippen molar-refractivity contribution in [3.63, 3.8) is 0 Å². The maximum atomic E-state index is 12.8. The molecule has 1 amide bonds. The molecule has 0 atom stereocenters. The minimum absolute atomic E-state index is 0.256. The van der Waals surface area contributed by atoms with Crippen LogP contribution in [0.25, 0.3) is 0 Å². The van der Waals surface area contributed by atoms with Gasteiger partial charge in [-0.15, -0.1) is 0 Å². The standard InChI is InChI=1S/C27H45N5O.C2H6/c1-26(2,3)30-18-12-27(13-19-30)10-4-22(5-11-27)20-29-15-7-23(8-16-29)31-17-9-24-6-14-28-32(24)21-25(31)33;1-2/h6,14,22-23H,4-5,7-13,15-21H2,1-3H3;1-2H3. The van der Waals surface area contributed by atoms with Gasteiger partial charge in [-0.1, -0.05) is 13.8 Å². The summed E-state index contributed by atoms with van der Waals surface area (Å²) in [6, 6.07) is 2.47. The van der Waals surface area contributed by atoms with Crippen LogP contribution in [0.5, 0.6) is 0 Å². The van der Waals surface area contributed by atoms with Crippen molar-refractivity contribution in [3.05, 3.63) is 18.0 Å². The van der Waals surface area contributed by atoms with E-state index in [9.17, 15) is 4.79 Å². The summed E-state index contributed by atoms with van der Waals surface area (Å²) in [5.74, 6) is 1.13. The highest BCUT2D eigenvalue weighted by Crippen LogP contribution is 2.47. The van der Waals surface area contributed by atoms with E-state index in [1.54, 1.807) is 0 Å². The van der Waals surface area contributed by atoms with Crippen molar-refractivity contribution in [2.24, 2.45) is 11.3 Å². The van der Waals surface area contributed by atoms with Gasteiger partial charge in [-0.2, -0.15) is 5.10 Å². The zero-order valence-corrected chi connectivity index (χ0v) is 23.3. The molecule has 3 aliphatic heterocycles. The summed E-state index contributed by atoms with van der Waals surface area (Å²) in [6.45, 7) is 18.5. The minimum atomic E-state index is 0.256. The Morgan fingerprint density at radius 1 is 0.943 bits per heavy atom. The number of piperidine rings is 2. The number of rotatable bonds is 3. The van der Waals surface area contributed by atoms with Gasteiger partial charge in [0.05, 0.1) is 0 Å². The molecule has 35 heavy (non-hydrogen) atoms. The van der Waals surface area contributed by atoms with Crippen molar-refractivity contribution in [3.8, 4) is 0 Å². The van der Waals surface area contributed by atoms with Gasteiger partial charge in [-0.25, -0.2) is 0 Å². The van der Waals surface area contributed by atoms with E-state index in [1.165, 1.54) is 63.9 Å².